The van der Waals surface area contributed by atoms with Gasteiger partial charge in [-0.1, -0.05) is 0 Å². The second-order valence-electron chi connectivity index (χ2n) is 11.6. The number of amides is 1. The van der Waals surface area contributed by atoms with Gasteiger partial charge in [0.1, 0.15) is 17.9 Å². The highest BCUT2D eigenvalue weighted by Crippen LogP contribution is 2.34. The molecule has 4 heterocycles. The molecule has 2 aromatic carbocycles. The SMILES string of the molecule is C[C@@H](O)C(=O)N1CCC(Oc2ccc(-c3ccnc(Nc4ccc(N5CCN(C6COC6)CC5)cc4)n3)cc2C#N)C(F)(F)C1. The van der Waals surface area contributed by atoms with Crippen molar-refractivity contribution in [1.29, 1.82) is 5.26 Å². The highest BCUT2D eigenvalue weighted by Gasteiger charge is 2.48. The molecule has 1 amide bonds. The van der Waals surface area contributed by atoms with E-state index in [9.17, 15) is 23.9 Å². The van der Waals surface area contributed by atoms with Crippen LogP contribution in [0.1, 0.15) is 18.9 Å². The molecule has 2 atom stereocenters. The third kappa shape index (κ3) is 6.83. The van der Waals surface area contributed by atoms with Crippen LogP contribution in [0.15, 0.2) is 54.7 Å². The molecule has 2 N–H and O–H groups in total. The van der Waals surface area contributed by atoms with E-state index in [0.29, 0.717) is 23.2 Å². The number of halogens is 2. The number of rotatable bonds is 8. The molecular weight excluding hydrogens is 584 g/mol. The Bertz CT molecular complexity index is 1550. The van der Waals surface area contributed by atoms with E-state index < -0.39 is 30.6 Å². The molecule has 1 aromatic heterocycles. The number of carbonyl (C=O) groups excluding carboxylic acids is 1. The Morgan fingerprint density at radius 2 is 1.89 bits per heavy atom. The van der Waals surface area contributed by atoms with Crippen LogP contribution < -0.4 is 15.0 Å². The first-order valence-electron chi connectivity index (χ1n) is 15.0. The number of hydrogen-bond acceptors (Lipinski definition) is 10. The fourth-order valence-electron chi connectivity index (χ4n) is 5.79. The quantitative estimate of drug-likeness (QED) is 0.388. The van der Waals surface area contributed by atoms with E-state index in [0.717, 1.165) is 55.7 Å². The minimum Gasteiger partial charge on any atom is -0.483 e. The number of nitrogens with one attached hydrogen (secondary N) is 1. The minimum atomic E-state index is -3.36. The van der Waals surface area contributed by atoms with Gasteiger partial charge in [-0.2, -0.15) is 5.26 Å². The summed E-state index contributed by atoms with van der Waals surface area (Å²) in [6, 6.07) is 17.1. The summed E-state index contributed by atoms with van der Waals surface area (Å²) in [5.74, 6) is -3.73. The molecule has 11 nitrogen and oxygen atoms in total. The molecule has 3 aliphatic heterocycles. The standard InChI is InChI=1S/C32H35F2N7O4/c1-21(42)30(43)41-11-9-29(32(33,34)20-41)45-28-7-2-22(16-23(28)17-35)27-8-10-36-31(38-27)37-24-3-5-25(6-4-24)39-12-14-40(15-13-39)26-18-44-19-26/h2-8,10,16,21,26,29,42H,9,11-15,18-20H2,1H3,(H,36,37,38)/t21-,29?/m1/s1. The van der Waals surface area contributed by atoms with Crippen molar-refractivity contribution in [3.63, 3.8) is 0 Å². The molecule has 0 spiro atoms. The Balaban J connectivity index is 1.09. The van der Waals surface area contributed by atoms with Gasteiger partial charge < -0.3 is 29.7 Å². The summed E-state index contributed by atoms with van der Waals surface area (Å²) in [7, 11) is 0. The third-order valence-electron chi connectivity index (χ3n) is 8.46. The molecule has 3 aliphatic rings. The number of aliphatic hydroxyl groups is 1. The van der Waals surface area contributed by atoms with Gasteiger partial charge in [-0.05, 0) is 55.5 Å². The number of ether oxygens (including phenoxy) is 2. The zero-order valence-electron chi connectivity index (χ0n) is 24.9. The number of likely N-dealkylation sites (tertiary alicyclic amines) is 1. The number of aliphatic hydroxyl groups excluding tert-OH is 1. The monoisotopic (exact) mass is 619 g/mol. The van der Waals surface area contributed by atoms with Gasteiger partial charge in [-0.3, -0.25) is 9.69 Å². The molecule has 13 heteroatoms. The molecular formula is C32H35F2N7O4. The summed E-state index contributed by atoms with van der Waals surface area (Å²) >= 11 is 0. The average Bonchev–Trinajstić information content (AvgIpc) is 3.01. The Labute approximate surface area is 260 Å². The first-order chi connectivity index (χ1) is 21.7. The molecule has 45 heavy (non-hydrogen) atoms. The van der Waals surface area contributed by atoms with Crippen LogP contribution in [0.3, 0.4) is 0 Å². The highest BCUT2D eigenvalue weighted by molar-refractivity contribution is 5.80. The zero-order valence-corrected chi connectivity index (χ0v) is 24.9. The van der Waals surface area contributed by atoms with E-state index in [2.05, 4.69) is 37.2 Å². The number of aromatic nitrogens is 2. The average molecular weight is 620 g/mol. The highest BCUT2D eigenvalue weighted by atomic mass is 19.3. The van der Waals surface area contributed by atoms with Crippen LogP contribution in [-0.2, 0) is 9.53 Å². The van der Waals surface area contributed by atoms with E-state index in [1.54, 1.807) is 18.3 Å². The lowest BCUT2D eigenvalue weighted by Crippen LogP contribution is -2.56. The van der Waals surface area contributed by atoms with Crippen LogP contribution in [0.2, 0.25) is 0 Å². The normalized spacial score (nSPS) is 21.0. The molecule has 3 saturated heterocycles. The maximum atomic E-state index is 14.9. The molecule has 0 bridgehead atoms. The molecule has 0 aliphatic carbocycles. The zero-order chi connectivity index (χ0) is 31.6. The van der Waals surface area contributed by atoms with E-state index in [-0.39, 0.29) is 24.3 Å². The fraction of sp³-hybridized carbons (Fsp3) is 0.438. The lowest BCUT2D eigenvalue weighted by molar-refractivity contribution is -0.165. The van der Waals surface area contributed by atoms with E-state index in [4.69, 9.17) is 9.47 Å². The maximum Gasteiger partial charge on any atom is 0.301 e. The number of nitriles is 1. The summed E-state index contributed by atoms with van der Waals surface area (Å²) in [6.07, 6.45) is -1.43. The van der Waals surface area contributed by atoms with Gasteiger partial charge in [0, 0.05) is 62.3 Å². The number of nitrogens with zero attached hydrogens (tertiary/aromatic N) is 6. The molecule has 0 radical (unpaired) electrons. The van der Waals surface area contributed by atoms with E-state index in [1.165, 1.54) is 19.1 Å². The fourth-order valence-corrected chi connectivity index (χ4v) is 5.79. The van der Waals surface area contributed by atoms with Gasteiger partial charge in [-0.25, -0.2) is 18.7 Å². The van der Waals surface area contributed by atoms with Crippen LogP contribution in [0.4, 0.5) is 26.1 Å². The minimum absolute atomic E-state index is 0.0109. The van der Waals surface area contributed by atoms with Crippen molar-refractivity contribution in [1.82, 2.24) is 19.8 Å². The summed E-state index contributed by atoms with van der Waals surface area (Å²) < 4.78 is 40.7. The Morgan fingerprint density at radius 3 is 2.53 bits per heavy atom. The number of hydrogen-bond donors (Lipinski definition) is 2. The van der Waals surface area contributed by atoms with Crippen LogP contribution in [-0.4, -0.2) is 107 Å². The number of piperidine rings is 1. The largest absolute Gasteiger partial charge is 0.483 e. The molecule has 3 fully saturated rings. The Kier molecular flexibility index (Phi) is 8.80. The summed E-state index contributed by atoms with van der Waals surface area (Å²) in [6.45, 7) is 6.04. The van der Waals surface area contributed by atoms with Crippen LogP contribution in [0.25, 0.3) is 11.3 Å². The van der Waals surface area contributed by atoms with Crippen LogP contribution >= 0.6 is 0 Å². The number of benzene rings is 2. The van der Waals surface area contributed by atoms with Crippen molar-refractivity contribution < 1.29 is 28.2 Å². The predicted molar refractivity (Wildman–Crippen MR) is 163 cm³/mol. The van der Waals surface area contributed by atoms with Crippen molar-refractivity contribution in [3.8, 4) is 23.1 Å². The number of anilines is 3. The number of piperazine rings is 1. The smallest absolute Gasteiger partial charge is 0.301 e. The van der Waals surface area contributed by atoms with Gasteiger partial charge in [0.2, 0.25) is 5.95 Å². The number of carbonyl (C=O) groups is 1. The maximum absolute atomic E-state index is 14.9. The van der Waals surface area contributed by atoms with Crippen LogP contribution in [0.5, 0.6) is 5.75 Å². The summed E-state index contributed by atoms with van der Waals surface area (Å²) in [5, 5.41) is 22.5. The van der Waals surface area contributed by atoms with Gasteiger partial charge in [-0.15, -0.1) is 0 Å². The number of alkyl halides is 2. The van der Waals surface area contributed by atoms with Crippen molar-refractivity contribution in [2.75, 3.05) is 62.7 Å². The van der Waals surface area contributed by atoms with E-state index >= 15 is 0 Å². The van der Waals surface area contributed by atoms with Crippen molar-refractivity contribution in [3.05, 3.63) is 60.3 Å². The molecule has 0 saturated carbocycles. The van der Waals surface area contributed by atoms with E-state index in [1.807, 2.05) is 18.2 Å². The van der Waals surface area contributed by atoms with Crippen molar-refractivity contribution in [2.24, 2.45) is 0 Å². The molecule has 6 rings (SSSR count). The lowest BCUT2D eigenvalue weighted by Gasteiger charge is -2.43. The first-order valence-corrected chi connectivity index (χ1v) is 15.0. The summed E-state index contributed by atoms with van der Waals surface area (Å²) in [4.78, 5) is 26.7. The Morgan fingerprint density at radius 1 is 1.13 bits per heavy atom. The van der Waals surface area contributed by atoms with Crippen LogP contribution in [0, 0.1) is 11.3 Å². The molecule has 1 unspecified atom stereocenters. The van der Waals surface area contributed by atoms with Gasteiger partial charge in [0.15, 0.2) is 6.10 Å². The van der Waals surface area contributed by atoms with Gasteiger partial charge in [0.25, 0.3) is 5.91 Å². The van der Waals surface area contributed by atoms with Gasteiger partial charge >= 0.3 is 5.92 Å². The predicted octanol–water partition coefficient (Wildman–Crippen LogP) is 3.28. The summed E-state index contributed by atoms with van der Waals surface area (Å²) in [5.41, 5.74) is 3.19. The Hall–Kier alpha value is -4.38. The van der Waals surface area contributed by atoms with Gasteiger partial charge in [0.05, 0.1) is 37.1 Å². The lowest BCUT2D eigenvalue weighted by atomic mass is 10.0. The topological polar surface area (TPSA) is 127 Å². The van der Waals surface area contributed by atoms with Crippen molar-refractivity contribution >= 4 is 23.2 Å². The molecule has 236 valence electrons. The third-order valence-corrected chi connectivity index (χ3v) is 8.46. The second-order valence-corrected chi connectivity index (χ2v) is 11.6. The second kappa shape index (κ2) is 12.9. The molecule has 3 aromatic rings. The van der Waals surface area contributed by atoms with Crippen molar-refractivity contribution in [2.45, 2.75) is 37.5 Å². The first kappa shape index (κ1) is 30.6.